The van der Waals surface area contributed by atoms with E-state index in [1.54, 1.807) is 0 Å². The van der Waals surface area contributed by atoms with Crippen molar-refractivity contribution in [3.8, 4) is 44.5 Å². The average molecular weight is 2000 g/mol. The van der Waals surface area contributed by atoms with E-state index in [0.29, 0.717) is 22.8 Å². The molecule has 8 aromatic carbocycles. The van der Waals surface area contributed by atoms with Gasteiger partial charge in [-0.2, -0.15) is 20.4 Å². The van der Waals surface area contributed by atoms with E-state index in [0.717, 1.165) is 319 Å². The van der Waals surface area contributed by atoms with Crippen LogP contribution in [0.15, 0.2) is 244 Å². The number of amides is 4. The number of ether oxygens (including phenoxy) is 3. The third kappa shape index (κ3) is 27.4. The summed E-state index contributed by atoms with van der Waals surface area (Å²) in [6.45, 7) is 28.6. The Morgan fingerprint density at radius 3 is 0.866 bits per heavy atom. The van der Waals surface area contributed by atoms with Gasteiger partial charge in [0.1, 0.15) is 0 Å². The molecule has 768 valence electrons. The van der Waals surface area contributed by atoms with Gasteiger partial charge in [0.05, 0.1) is 61.7 Å². The quantitative estimate of drug-likeness (QED) is 0.0226. The van der Waals surface area contributed by atoms with Crippen LogP contribution in [-0.4, -0.2) is 294 Å². The van der Waals surface area contributed by atoms with Crippen molar-refractivity contribution in [1.82, 2.24) is 105 Å². The summed E-state index contributed by atoms with van der Waals surface area (Å²) >= 11 is 0. The molecule has 32 nitrogen and oxygen atoms in total. The first-order valence-electron chi connectivity index (χ1n) is 52.5. The van der Waals surface area contributed by atoms with Gasteiger partial charge in [-0.05, 0) is 287 Å². The number of rotatable bonds is 28. The van der Waals surface area contributed by atoms with E-state index in [-0.39, 0.29) is 23.6 Å². The van der Waals surface area contributed by atoms with Crippen molar-refractivity contribution in [1.29, 1.82) is 0 Å². The Bertz CT molecular complexity index is 7240. The second kappa shape index (κ2) is 49.6. The highest BCUT2D eigenvalue weighted by molar-refractivity contribution is 6.15. The second-order valence-electron chi connectivity index (χ2n) is 40.4. The van der Waals surface area contributed by atoms with E-state index >= 15 is 0 Å². The molecule has 15 heterocycles. The minimum Gasteiger partial charge on any atom is -0.379 e. The summed E-state index contributed by atoms with van der Waals surface area (Å²) in [7, 11) is 6.21. The Balaban J connectivity index is 0.000000120. The molecule has 0 atom stereocenters. The predicted molar refractivity (Wildman–Crippen MR) is 586 cm³/mol. The number of nitrogens with one attached hydrogen (secondary N) is 8. The van der Waals surface area contributed by atoms with Gasteiger partial charge in [0, 0.05) is 234 Å². The van der Waals surface area contributed by atoms with Crippen molar-refractivity contribution in [2.45, 2.75) is 104 Å². The molecule has 0 aliphatic carbocycles. The van der Waals surface area contributed by atoms with Crippen molar-refractivity contribution >= 4 is 90.0 Å². The van der Waals surface area contributed by atoms with E-state index in [9.17, 15) is 19.2 Å². The number of aromatic amines is 4. The molecule has 4 amide bonds. The van der Waals surface area contributed by atoms with Crippen molar-refractivity contribution in [3.05, 3.63) is 311 Å². The molecule has 23 rings (SSSR count). The first-order valence-corrected chi connectivity index (χ1v) is 52.5. The molecule has 32 heteroatoms. The molecule has 7 fully saturated rings. The van der Waals surface area contributed by atoms with E-state index in [2.05, 4.69) is 200 Å². The molecule has 0 saturated carbocycles. The van der Waals surface area contributed by atoms with Crippen molar-refractivity contribution in [2.24, 2.45) is 0 Å². The summed E-state index contributed by atoms with van der Waals surface area (Å²) in [6, 6.07) is 65.1. The Labute approximate surface area is 869 Å². The minimum atomic E-state index is -0.241. The van der Waals surface area contributed by atoms with Crippen LogP contribution in [0.1, 0.15) is 138 Å². The highest BCUT2D eigenvalue weighted by atomic mass is 16.5. The number of hydrogen-bond acceptors (Lipinski definition) is 24. The molecule has 16 aromatic rings. The van der Waals surface area contributed by atoms with Crippen LogP contribution < -0.4 is 21.3 Å². The van der Waals surface area contributed by atoms with Crippen molar-refractivity contribution < 1.29 is 33.4 Å². The molecule has 8 N–H and O–H groups in total. The third-order valence-corrected chi connectivity index (χ3v) is 28.7. The zero-order chi connectivity index (χ0) is 102. The molecule has 149 heavy (non-hydrogen) atoms. The van der Waals surface area contributed by atoms with E-state index < -0.39 is 0 Å². The fourth-order valence-corrected chi connectivity index (χ4v) is 20.7. The topological polar surface area (TPSA) is 340 Å². The molecule has 0 radical (unpaired) electrons. The number of H-pyrrole nitrogens is 4. The van der Waals surface area contributed by atoms with Crippen LogP contribution in [0.5, 0.6) is 0 Å². The standard InChI is InChI=1S/C31H37N7O.C30H34N6O2.C29H32N6O2.C27H30N6O2/c1-36-13-15-38(16-14-36)21-23-5-8-27(9-6-23)33-31(39)30-28-18-25(7-10-29(28)34-35-30)26-17-24(19-32-20-26)22-37-11-3-2-4-12-37;37-30(32-26-6-4-5-22(16-26)20-35-9-2-1-3-10-35)29-27-17-24(7-8-28(27)33-34-29)25-15-23(18-31-19-25)21-36-11-13-38-14-12-36;36-29(31-25-5-3-4-21(15-25)19-34-8-1-2-9-34)28-26-16-23(6-7-27(26)32-33-28)24-14-22(17-30-18-24)20-35-10-12-37-13-11-35;1-32(2)17-19-4-3-5-23(13-19)29-27(34)26-24-14-21(6-7-25(24)30-31-26)22-12-20(15-28-16-22)18-33-8-10-35-11-9-33/h5-10,17-20H,2-4,11-16,21-22H2,1H3,(H,33,39)(H,34,35);4-8,15-19H,1-3,9-14,20-21H2,(H,32,37)(H,33,34);3-7,14-18H,1-2,8-13,19-20H2,(H,31,36)(H,32,33);3-7,12-16H,8-11,17-18H2,1-2H3,(H,29,34)(H,30,31). The van der Waals surface area contributed by atoms with Gasteiger partial charge in [-0.15, -0.1) is 0 Å². The van der Waals surface area contributed by atoms with Crippen LogP contribution in [0, 0.1) is 0 Å². The fourth-order valence-electron chi connectivity index (χ4n) is 20.7. The summed E-state index contributed by atoms with van der Waals surface area (Å²) in [6.07, 6.45) is 25.5. The van der Waals surface area contributed by atoms with Crippen LogP contribution in [0.25, 0.3) is 88.1 Å². The number of morpholine rings is 3. The molecule has 8 aromatic heterocycles. The van der Waals surface area contributed by atoms with Crippen LogP contribution in [0.2, 0.25) is 0 Å². The Morgan fingerprint density at radius 2 is 0.544 bits per heavy atom. The van der Waals surface area contributed by atoms with Gasteiger partial charge in [0.15, 0.2) is 22.8 Å². The molecule has 7 aliphatic heterocycles. The lowest BCUT2D eigenvalue weighted by Gasteiger charge is -2.32. The SMILES string of the molecule is CN(C)Cc1cccc(NC(=O)c2n[nH]c3ccc(-c4cncc(CN5CCOCC5)c4)cc23)c1.CN1CCN(Cc2ccc(NC(=O)c3n[nH]c4ccc(-c5cncc(CN6CCCCC6)c5)cc34)cc2)CC1.O=C(Nc1cccc(CN2CCCC2)c1)c1n[nH]c2ccc(-c3cncc(CN4CCOCC4)c3)cc12.O=C(Nc1cccc(CN2CCCCC2)c1)c1n[nH]c2ccc(-c3cncc(CN4CCOCC4)c3)cc12. The van der Waals surface area contributed by atoms with Crippen LogP contribution in [0.3, 0.4) is 0 Å². The highest BCUT2D eigenvalue weighted by Gasteiger charge is 2.26. The number of pyridine rings is 4. The Kier molecular flexibility index (Phi) is 33.9. The molecule has 0 unspecified atom stereocenters. The molecular weight excluding hydrogens is 1870 g/mol. The summed E-state index contributed by atoms with van der Waals surface area (Å²) in [5, 5.41) is 44.7. The Hall–Kier alpha value is -14.4. The molecular formula is C117H133N25O7. The highest BCUT2D eigenvalue weighted by Crippen LogP contribution is 2.35. The van der Waals surface area contributed by atoms with Crippen molar-refractivity contribution in [3.63, 3.8) is 0 Å². The van der Waals surface area contributed by atoms with Gasteiger partial charge in [-0.3, -0.25) is 93.8 Å². The minimum absolute atomic E-state index is 0.220. The lowest BCUT2D eigenvalue weighted by atomic mass is 10.0. The summed E-state index contributed by atoms with van der Waals surface area (Å²) in [5.41, 5.74) is 25.6. The zero-order valence-corrected chi connectivity index (χ0v) is 85.4. The number of fused-ring (bicyclic) bond motifs is 4. The first kappa shape index (κ1) is 102. The number of likely N-dealkylation sites (N-methyl/N-ethyl adjacent to an activating group) is 1. The van der Waals surface area contributed by atoms with Crippen LogP contribution in [-0.2, 0) is 66.6 Å². The van der Waals surface area contributed by atoms with Crippen LogP contribution >= 0.6 is 0 Å². The fraction of sp³-hybridized carbons (Fsp3) is 0.350. The van der Waals surface area contributed by atoms with Crippen molar-refractivity contribution in [2.75, 3.05) is 187 Å². The van der Waals surface area contributed by atoms with Gasteiger partial charge < -0.3 is 45.3 Å². The van der Waals surface area contributed by atoms with E-state index in [1.165, 1.54) is 84.7 Å². The zero-order valence-electron chi connectivity index (χ0n) is 85.4. The van der Waals surface area contributed by atoms with E-state index in [1.807, 2.05) is 191 Å². The van der Waals surface area contributed by atoms with Gasteiger partial charge in [0.25, 0.3) is 23.6 Å². The summed E-state index contributed by atoms with van der Waals surface area (Å²) in [4.78, 5) is 92.3. The maximum absolute atomic E-state index is 13.3. The number of anilines is 4. The maximum Gasteiger partial charge on any atom is 0.276 e. The third-order valence-electron chi connectivity index (χ3n) is 28.7. The number of likely N-dealkylation sites (tertiary alicyclic amines) is 3. The van der Waals surface area contributed by atoms with Gasteiger partial charge in [-0.25, -0.2) is 0 Å². The van der Waals surface area contributed by atoms with Gasteiger partial charge in [0.2, 0.25) is 0 Å². The summed E-state index contributed by atoms with van der Waals surface area (Å²) in [5.74, 6) is -0.902. The van der Waals surface area contributed by atoms with Gasteiger partial charge in [-0.1, -0.05) is 85.6 Å². The monoisotopic (exact) mass is 2000 g/mol. The molecule has 7 aliphatic rings. The maximum atomic E-state index is 13.3. The number of hydrogen-bond donors (Lipinski definition) is 8. The Morgan fingerprint density at radius 1 is 0.268 bits per heavy atom. The van der Waals surface area contributed by atoms with Gasteiger partial charge >= 0.3 is 0 Å². The number of nitrogens with zero attached hydrogens (tertiary/aromatic N) is 17. The van der Waals surface area contributed by atoms with Crippen LogP contribution in [0.4, 0.5) is 22.7 Å². The smallest absolute Gasteiger partial charge is 0.276 e. The number of carbonyl (C=O) groups is 4. The lowest BCUT2D eigenvalue weighted by molar-refractivity contribution is 0.0341. The number of piperidine rings is 2. The molecule has 0 bridgehead atoms. The van der Waals surface area contributed by atoms with E-state index in [4.69, 9.17) is 14.2 Å². The number of benzene rings is 8. The lowest BCUT2D eigenvalue weighted by Crippen LogP contribution is -2.43. The normalized spacial score (nSPS) is 16.5. The number of aromatic nitrogens is 12. The molecule has 7 saturated heterocycles. The number of piperazine rings is 1. The average Bonchev–Trinajstić information content (AvgIpc) is 1.67. The largest absolute Gasteiger partial charge is 0.379 e. The predicted octanol–water partition coefficient (Wildman–Crippen LogP) is 17.4. The number of carbonyl (C=O) groups excluding carboxylic acids is 4. The molecule has 0 spiro atoms. The second-order valence-corrected chi connectivity index (χ2v) is 40.4. The first-order chi connectivity index (χ1) is 73.1. The summed E-state index contributed by atoms with van der Waals surface area (Å²) < 4.78 is 16.4.